The van der Waals surface area contributed by atoms with E-state index in [0.29, 0.717) is 30.1 Å². The van der Waals surface area contributed by atoms with Crippen molar-refractivity contribution in [3.8, 4) is 0 Å². The number of nitrogens with zero attached hydrogens (tertiary/aromatic N) is 2. The van der Waals surface area contributed by atoms with Gasteiger partial charge in [-0.05, 0) is 43.2 Å². The molecule has 160 valence electrons. The number of carbonyl (C=O) groups is 1. The molecule has 1 saturated heterocycles. The number of thioether (sulfide) groups is 1. The highest BCUT2D eigenvalue weighted by molar-refractivity contribution is 7.99. The van der Waals surface area contributed by atoms with Gasteiger partial charge in [-0.3, -0.25) is 4.79 Å². The first-order valence-corrected chi connectivity index (χ1v) is 12.5. The standard InChI is InChI=1S/C22H27N3O3S2/c1-25-15-7-3-6-13-21(25)24-30(27,28)20-12-8-9-18(17-20)23-22(26)14-16-29-19-10-4-2-5-11-19/h2,4-5,8-12,17H,3,6-7,13-16H2,1H3,(H,23,26)/b24-21+. The molecule has 1 fully saturated rings. The number of amides is 1. The van der Waals surface area contributed by atoms with E-state index >= 15 is 0 Å². The predicted molar refractivity (Wildman–Crippen MR) is 123 cm³/mol. The first-order valence-electron chi connectivity index (χ1n) is 10.1. The number of rotatable bonds is 7. The molecule has 1 heterocycles. The van der Waals surface area contributed by atoms with Gasteiger partial charge in [0.1, 0.15) is 5.84 Å². The fraction of sp³-hybridized carbons (Fsp3) is 0.364. The van der Waals surface area contributed by atoms with Gasteiger partial charge >= 0.3 is 0 Å². The Morgan fingerprint density at radius 2 is 1.90 bits per heavy atom. The minimum atomic E-state index is -3.83. The first-order chi connectivity index (χ1) is 14.4. The van der Waals surface area contributed by atoms with E-state index < -0.39 is 10.0 Å². The van der Waals surface area contributed by atoms with Crippen LogP contribution in [0.4, 0.5) is 5.69 Å². The van der Waals surface area contributed by atoms with Crippen molar-refractivity contribution in [1.82, 2.24) is 4.90 Å². The lowest BCUT2D eigenvalue weighted by atomic mass is 10.2. The molecular formula is C22H27N3O3S2. The molecular weight excluding hydrogens is 418 g/mol. The normalized spacial score (nSPS) is 16.3. The van der Waals surface area contributed by atoms with E-state index in [1.807, 2.05) is 42.3 Å². The Bertz CT molecular complexity index is 992. The van der Waals surface area contributed by atoms with Crippen molar-refractivity contribution in [1.29, 1.82) is 0 Å². The van der Waals surface area contributed by atoms with Crippen molar-refractivity contribution < 1.29 is 13.2 Å². The quantitative estimate of drug-likeness (QED) is 0.639. The van der Waals surface area contributed by atoms with Gasteiger partial charge in [-0.2, -0.15) is 8.42 Å². The Morgan fingerprint density at radius 1 is 1.10 bits per heavy atom. The van der Waals surface area contributed by atoms with Crippen molar-refractivity contribution in [2.45, 2.75) is 41.9 Å². The third kappa shape index (κ3) is 6.60. The van der Waals surface area contributed by atoms with Crippen LogP contribution in [0.15, 0.2) is 68.8 Å². The van der Waals surface area contributed by atoms with E-state index in [1.165, 1.54) is 12.1 Å². The minimum absolute atomic E-state index is 0.0871. The van der Waals surface area contributed by atoms with Crippen LogP contribution in [0.5, 0.6) is 0 Å². The van der Waals surface area contributed by atoms with E-state index in [1.54, 1.807) is 23.9 Å². The van der Waals surface area contributed by atoms with Crippen LogP contribution in [0, 0.1) is 0 Å². The highest BCUT2D eigenvalue weighted by Gasteiger charge is 2.19. The molecule has 2 aromatic rings. The average molecular weight is 446 g/mol. The van der Waals surface area contributed by atoms with Crippen molar-refractivity contribution in [2.75, 3.05) is 24.7 Å². The maximum Gasteiger partial charge on any atom is 0.284 e. The van der Waals surface area contributed by atoms with Gasteiger partial charge in [0, 0.05) is 42.8 Å². The maximum atomic E-state index is 12.8. The van der Waals surface area contributed by atoms with E-state index in [4.69, 9.17) is 0 Å². The number of hydrogen-bond acceptors (Lipinski definition) is 4. The molecule has 0 spiro atoms. The molecule has 0 aromatic heterocycles. The molecule has 1 aliphatic rings. The summed E-state index contributed by atoms with van der Waals surface area (Å²) in [4.78, 5) is 15.4. The number of amidine groups is 1. The monoisotopic (exact) mass is 445 g/mol. The van der Waals surface area contributed by atoms with Crippen LogP contribution in [0.2, 0.25) is 0 Å². The smallest absolute Gasteiger partial charge is 0.284 e. The Labute approximate surface area is 182 Å². The largest absolute Gasteiger partial charge is 0.362 e. The van der Waals surface area contributed by atoms with E-state index in [2.05, 4.69) is 9.71 Å². The summed E-state index contributed by atoms with van der Waals surface area (Å²) >= 11 is 1.61. The van der Waals surface area contributed by atoms with Crippen LogP contribution in [-0.2, 0) is 14.8 Å². The van der Waals surface area contributed by atoms with E-state index in [9.17, 15) is 13.2 Å². The second-order valence-electron chi connectivity index (χ2n) is 7.20. The molecule has 1 amide bonds. The number of anilines is 1. The molecule has 1 aliphatic heterocycles. The van der Waals surface area contributed by atoms with Crippen molar-refractivity contribution in [3.63, 3.8) is 0 Å². The Hall–Kier alpha value is -2.32. The summed E-state index contributed by atoms with van der Waals surface area (Å²) in [5, 5.41) is 2.79. The highest BCUT2D eigenvalue weighted by atomic mass is 32.2. The summed E-state index contributed by atoms with van der Waals surface area (Å²) in [6.45, 7) is 0.811. The van der Waals surface area contributed by atoms with Crippen molar-refractivity contribution >= 4 is 39.2 Å². The number of carbonyl (C=O) groups excluding carboxylic acids is 1. The molecule has 3 rings (SSSR count). The van der Waals surface area contributed by atoms with Gasteiger partial charge in [-0.25, -0.2) is 0 Å². The fourth-order valence-electron chi connectivity index (χ4n) is 3.17. The molecule has 6 nitrogen and oxygen atoms in total. The summed E-state index contributed by atoms with van der Waals surface area (Å²) in [5.74, 6) is 1.09. The average Bonchev–Trinajstić information content (AvgIpc) is 2.93. The number of nitrogens with one attached hydrogen (secondary N) is 1. The predicted octanol–water partition coefficient (Wildman–Crippen LogP) is 4.40. The zero-order valence-electron chi connectivity index (χ0n) is 17.1. The lowest BCUT2D eigenvalue weighted by Crippen LogP contribution is -2.26. The van der Waals surface area contributed by atoms with Crippen LogP contribution in [-0.4, -0.2) is 44.4 Å². The lowest BCUT2D eigenvalue weighted by molar-refractivity contribution is -0.115. The third-order valence-corrected chi connectivity index (χ3v) is 7.13. The van der Waals surface area contributed by atoms with Gasteiger partial charge in [-0.15, -0.1) is 16.2 Å². The minimum Gasteiger partial charge on any atom is -0.362 e. The Balaban J connectivity index is 1.62. The molecule has 0 unspecified atom stereocenters. The van der Waals surface area contributed by atoms with Gasteiger partial charge in [0.25, 0.3) is 10.0 Å². The molecule has 0 radical (unpaired) electrons. The molecule has 0 aliphatic carbocycles. The van der Waals surface area contributed by atoms with E-state index in [-0.39, 0.29) is 10.8 Å². The van der Waals surface area contributed by atoms with Gasteiger partial charge in [-0.1, -0.05) is 30.7 Å². The second-order valence-corrected chi connectivity index (χ2v) is 9.97. The zero-order valence-corrected chi connectivity index (χ0v) is 18.7. The molecule has 8 heteroatoms. The van der Waals surface area contributed by atoms with Gasteiger partial charge in [0.15, 0.2) is 0 Å². The zero-order chi connectivity index (χ0) is 21.4. The summed E-state index contributed by atoms with van der Waals surface area (Å²) in [7, 11) is -1.95. The van der Waals surface area contributed by atoms with Crippen LogP contribution >= 0.6 is 11.8 Å². The van der Waals surface area contributed by atoms with Gasteiger partial charge < -0.3 is 10.2 Å². The lowest BCUT2D eigenvalue weighted by Gasteiger charge is -2.17. The maximum absolute atomic E-state index is 12.8. The number of benzene rings is 2. The van der Waals surface area contributed by atoms with Gasteiger partial charge in [0.2, 0.25) is 5.91 Å². The highest BCUT2D eigenvalue weighted by Crippen LogP contribution is 2.21. The first kappa shape index (κ1) is 22.4. The van der Waals surface area contributed by atoms with Crippen LogP contribution < -0.4 is 5.32 Å². The van der Waals surface area contributed by atoms with Crippen molar-refractivity contribution in [3.05, 3.63) is 54.6 Å². The molecule has 0 atom stereocenters. The van der Waals surface area contributed by atoms with Crippen LogP contribution in [0.3, 0.4) is 0 Å². The van der Waals surface area contributed by atoms with E-state index in [0.717, 1.165) is 30.7 Å². The topological polar surface area (TPSA) is 78.8 Å². The molecule has 2 aromatic carbocycles. The van der Waals surface area contributed by atoms with Gasteiger partial charge in [0.05, 0.1) is 4.90 Å². The number of hydrogen-bond donors (Lipinski definition) is 1. The molecule has 0 saturated carbocycles. The second kappa shape index (κ2) is 10.6. The van der Waals surface area contributed by atoms with Crippen LogP contribution in [0.25, 0.3) is 0 Å². The Kier molecular flexibility index (Phi) is 7.93. The number of sulfonamides is 1. The summed E-state index contributed by atoms with van der Waals surface area (Å²) in [6, 6.07) is 16.2. The summed E-state index contributed by atoms with van der Waals surface area (Å²) < 4.78 is 29.7. The Morgan fingerprint density at radius 3 is 2.70 bits per heavy atom. The van der Waals surface area contributed by atoms with Crippen molar-refractivity contribution in [2.24, 2.45) is 4.40 Å². The summed E-state index contributed by atoms with van der Waals surface area (Å²) in [5.41, 5.74) is 0.459. The number of likely N-dealkylation sites (tertiary alicyclic amines) is 1. The molecule has 1 N–H and O–H groups in total. The molecule has 0 bridgehead atoms. The summed E-state index contributed by atoms with van der Waals surface area (Å²) in [6.07, 6.45) is 4.05. The molecule has 30 heavy (non-hydrogen) atoms. The fourth-order valence-corrected chi connectivity index (χ4v) is 5.18. The third-order valence-electron chi connectivity index (χ3n) is 4.82. The van der Waals surface area contributed by atoms with Crippen LogP contribution in [0.1, 0.15) is 32.1 Å². The SMILES string of the molecule is CN1CCCCC/C1=N\S(=O)(=O)c1cccc(NC(=O)CCSc2ccccc2)c1.